The largest absolute Gasteiger partial charge is 0.334 e. The average Bonchev–Trinajstić information content (AvgIpc) is 2.49. The molecule has 0 saturated carbocycles. The van der Waals surface area contributed by atoms with Crippen LogP contribution in [0.25, 0.3) is 6.08 Å². The van der Waals surface area contributed by atoms with Crippen LogP contribution in [0, 0.1) is 0 Å². The number of hydrogen-bond acceptors (Lipinski definition) is 1. The van der Waals surface area contributed by atoms with Gasteiger partial charge in [0.25, 0.3) is 0 Å². The molecule has 2 aromatic carbocycles. The van der Waals surface area contributed by atoms with Crippen molar-refractivity contribution in [1.82, 2.24) is 10.6 Å². The van der Waals surface area contributed by atoms with E-state index < -0.39 is 0 Å². The van der Waals surface area contributed by atoms with Crippen molar-refractivity contribution >= 4 is 46.9 Å². The highest BCUT2D eigenvalue weighted by Gasteiger charge is 1.99. The SMILES string of the molecule is O=C(NC=Cc1ccc(Cl)c(Cl)c1)NCc1cccc(Cl)c1. The summed E-state index contributed by atoms with van der Waals surface area (Å²) in [5, 5.41) is 6.93. The Kier molecular flexibility index (Phi) is 6.13. The summed E-state index contributed by atoms with van der Waals surface area (Å²) in [5.41, 5.74) is 1.76. The quantitative estimate of drug-likeness (QED) is 0.785. The lowest BCUT2D eigenvalue weighted by Gasteiger charge is -2.05. The Bertz CT molecular complexity index is 702. The second kappa shape index (κ2) is 8.08. The molecule has 0 aliphatic heterocycles. The minimum absolute atomic E-state index is 0.309. The van der Waals surface area contributed by atoms with Gasteiger partial charge < -0.3 is 10.6 Å². The van der Waals surface area contributed by atoms with Crippen LogP contribution >= 0.6 is 34.8 Å². The molecule has 6 heteroatoms. The van der Waals surface area contributed by atoms with Crippen molar-refractivity contribution in [2.45, 2.75) is 6.54 Å². The molecule has 0 aromatic heterocycles. The van der Waals surface area contributed by atoms with Crippen LogP contribution in [0.5, 0.6) is 0 Å². The van der Waals surface area contributed by atoms with E-state index >= 15 is 0 Å². The molecule has 22 heavy (non-hydrogen) atoms. The Hall–Kier alpha value is -1.68. The van der Waals surface area contributed by atoms with Gasteiger partial charge in [0.15, 0.2) is 0 Å². The number of nitrogens with one attached hydrogen (secondary N) is 2. The number of halogens is 3. The zero-order chi connectivity index (χ0) is 15.9. The van der Waals surface area contributed by atoms with Gasteiger partial charge in [-0.1, -0.05) is 53.0 Å². The summed E-state index contributed by atoms with van der Waals surface area (Å²) in [4.78, 5) is 11.7. The second-order valence-corrected chi connectivity index (χ2v) is 5.71. The zero-order valence-corrected chi connectivity index (χ0v) is 13.7. The van der Waals surface area contributed by atoms with Crippen LogP contribution in [-0.4, -0.2) is 6.03 Å². The van der Waals surface area contributed by atoms with Crippen molar-refractivity contribution in [3.63, 3.8) is 0 Å². The monoisotopic (exact) mass is 354 g/mol. The summed E-state index contributed by atoms with van der Waals surface area (Å²) in [7, 11) is 0. The van der Waals surface area contributed by atoms with Crippen molar-refractivity contribution in [2.24, 2.45) is 0 Å². The highest BCUT2D eigenvalue weighted by Crippen LogP contribution is 2.22. The number of urea groups is 1. The summed E-state index contributed by atoms with van der Waals surface area (Å²) in [6, 6.07) is 12.2. The molecule has 2 aromatic rings. The first-order valence-corrected chi connectivity index (χ1v) is 7.58. The Morgan fingerprint density at radius 1 is 1.05 bits per heavy atom. The summed E-state index contributed by atoms with van der Waals surface area (Å²) < 4.78 is 0. The number of benzene rings is 2. The molecule has 114 valence electrons. The predicted molar refractivity (Wildman–Crippen MR) is 92.3 cm³/mol. The lowest BCUT2D eigenvalue weighted by molar-refractivity contribution is 0.244. The molecule has 0 radical (unpaired) electrons. The number of amides is 2. The molecule has 0 aliphatic rings. The van der Waals surface area contributed by atoms with Gasteiger partial charge in [0, 0.05) is 17.8 Å². The van der Waals surface area contributed by atoms with E-state index in [2.05, 4.69) is 10.6 Å². The molecule has 2 rings (SSSR count). The third-order valence-corrected chi connectivity index (χ3v) is 3.75. The van der Waals surface area contributed by atoms with E-state index in [9.17, 15) is 4.79 Å². The topological polar surface area (TPSA) is 41.1 Å². The van der Waals surface area contributed by atoms with E-state index in [1.165, 1.54) is 6.20 Å². The number of rotatable bonds is 4. The van der Waals surface area contributed by atoms with Crippen molar-refractivity contribution in [1.29, 1.82) is 0 Å². The number of carbonyl (C=O) groups excluding carboxylic acids is 1. The Balaban J connectivity index is 1.82. The number of hydrogen-bond donors (Lipinski definition) is 2. The molecule has 0 atom stereocenters. The van der Waals surface area contributed by atoms with Gasteiger partial charge in [0.2, 0.25) is 0 Å². The molecule has 2 amide bonds. The molecular formula is C16H13Cl3N2O. The first-order chi connectivity index (χ1) is 10.5. The Morgan fingerprint density at radius 2 is 1.86 bits per heavy atom. The molecule has 0 heterocycles. The lowest BCUT2D eigenvalue weighted by atomic mass is 10.2. The molecule has 0 unspecified atom stereocenters. The van der Waals surface area contributed by atoms with Crippen molar-refractivity contribution in [2.75, 3.05) is 0 Å². The second-order valence-electron chi connectivity index (χ2n) is 4.46. The molecule has 0 saturated heterocycles. The highest BCUT2D eigenvalue weighted by molar-refractivity contribution is 6.42. The van der Waals surface area contributed by atoms with Crippen molar-refractivity contribution < 1.29 is 4.79 Å². The fourth-order valence-electron chi connectivity index (χ4n) is 1.71. The summed E-state index contributed by atoms with van der Waals surface area (Å²) in [5.74, 6) is 0. The van der Waals surface area contributed by atoms with Crippen LogP contribution in [0.2, 0.25) is 15.1 Å². The molecule has 0 spiro atoms. The first kappa shape index (κ1) is 16.7. The third-order valence-electron chi connectivity index (χ3n) is 2.78. The lowest BCUT2D eigenvalue weighted by Crippen LogP contribution is -2.31. The van der Waals surface area contributed by atoms with E-state index in [0.717, 1.165) is 11.1 Å². The van der Waals surface area contributed by atoms with Crippen LogP contribution in [0.4, 0.5) is 4.79 Å². The van der Waals surface area contributed by atoms with E-state index in [-0.39, 0.29) is 6.03 Å². The fraction of sp³-hybridized carbons (Fsp3) is 0.0625. The van der Waals surface area contributed by atoms with Crippen LogP contribution in [0.1, 0.15) is 11.1 Å². The molecule has 0 fully saturated rings. The summed E-state index contributed by atoms with van der Waals surface area (Å²) in [6.07, 6.45) is 3.26. The van der Waals surface area contributed by atoms with Gasteiger partial charge in [-0.3, -0.25) is 0 Å². The van der Waals surface area contributed by atoms with Gasteiger partial charge in [-0.2, -0.15) is 0 Å². The van der Waals surface area contributed by atoms with Gasteiger partial charge in [-0.25, -0.2) is 4.79 Å². The number of carbonyl (C=O) groups is 1. The maximum absolute atomic E-state index is 11.7. The first-order valence-electron chi connectivity index (χ1n) is 6.45. The Morgan fingerprint density at radius 3 is 2.59 bits per heavy atom. The molecule has 0 bridgehead atoms. The maximum atomic E-state index is 11.7. The van der Waals surface area contributed by atoms with Crippen LogP contribution in [0.15, 0.2) is 48.7 Å². The van der Waals surface area contributed by atoms with Gasteiger partial charge in [-0.15, -0.1) is 0 Å². The van der Waals surface area contributed by atoms with Gasteiger partial charge in [0.1, 0.15) is 0 Å². The Labute approximate surface area is 143 Å². The van der Waals surface area contributed by atoms with Gasteiger partial charge >= 0.3 is 6.03 Å². The van der Waals surface area contributed by atoms with E-state index in [0.29, 0.717) is 21.6 Å². The third kappa shape index (κ3) is 5.26. The normalized spacial score (nSPS) is 10.7. The minimum atomic E-state index is -0.309. The zero-order valence-electron chi connectivity index (χ0n) is 11.4. The molecule has 2 N–H and O–H groups in total. The van der Waals surface area contributed by atoms with E-state index in [4.69, 9.17) is 34.8 Å². The van der Waals surface area contributed by atoms with Gasteiger partial charge in [0.05, 0.1) is 10.0 Å². The maximum Gasteiger partial charge on any atom is 0.319 e. The van der Waals surface area contributed by atoms with E-state index in [1.807, 2.05) is 12.1 Å². The molecule has 0 aliphatic carbocycles. The van der Waals surface area contributed by atoms with Crippen molar-refractivity contribution in [3.8, 4) is 0 Å². The van der Waals surface area contributed by atoms with Gasteiger partial charge in [-0.05, 0) is 41.5 Å². The summed E-state index contributed by atoms with van der Waals surface area (Å²) >= 11 is 17.6. The van der Waals surface area contributed by atoms with E-state index in [1.54, 1.807) is 36.4 Å². The van der Waals surface area contributed by atoms with Crippen LogP contribution in [-0.2, 0) is 6.54 Å². The van der Waals surface area contributed by atoms with Crippen LogP contribution in [0.3, 0.4) is 0 Å². The predicted octanol–water partition coefficient (Wildman–Crippen LogP) is 5.12. The standard InChI is InChI=1S/C16H13Cl3N2O/c17-13-3-1-2-12(8-13)10-21-16(22)20-7-6-11-4-5-14(18)15(19)9-11/h1-9H,10H2,(H2,20,21,22). The highest BCUT2D eigenvalue weighted by atomic mass is 35.5. The molecular weight excluding hydrogens is 343 g/mol. The smallest absolute Gasteiger partial charge is 0.319 e. The van der Waals surface area contributed by atoms with Crippen molar-refractivity contribution in [3.05, 3.63) is 74.9 Å². The van der Waals surface area contributed by atoms with Crippen LogP contribution < -0.4 is 10.6 Å². The summed E-state index contributed by atoms with van der Waals surface area (Å²) in [6.45, 7) is 0.396. The minimum Gasteiger partial charge on any atom is -0.334 e. The average molecular weight is 356 g/mol. The molecule has 3 nitrogen and oxygen atoms in total. The fourth-order valence-corrected chi connectivity index (χ4v) is 2.23.